The van der Waals surface area contributed by atoms with Crippen LogP contribution in [0.4, 0.5) is 11.4 Å². The molecule has 0 saturated heterocycles. The van der Waals surface area contributed by atoms with Crippen LogP contribution < -0.4 is 20.9 Å². The molecule has 0 atom stereocenters. The lowest BCUT2D eigenvalue weighted by atomic mass is 10.2. The summed E-state index contributed by atoms with van der Waals surface area (Å²) in [5, 5.41) is 0. The van der Waals surface area contributed by atoms with Crippen LogP contribution >= 0.6 is 0 Å². The molecule has 2 aromatic rings. The monoisotopic (exact) mass is 356 g/mol. The SMILES string of the molecule is COc1ccc(/C=C/C(=O)OCCC(=O)Oc2cc(N)ccc2N)cc1. The van der Waals surface area contributed by atoms with Crippen LogP contribution in [-0.4, -0.2) is 25.7 Å². The standard InChI is InChI=1S/C19H20N2O5/c1-24-15-6-2-13(3-7-15)4-9-18(22)25-11-10-19(23)26-17-12-14(20)5-8-16(17)21/h2-9,12H,10-11,20-21H2,1H3/b9-4+. The van der Waals surface area contributed by atoms with E-state index in [0.29, 0.717) is 11.4 Å². The molecule has 0 aliphatic heterocycles. The average molecular weight is 356 g/mol. The van der Waals surface area contributed by atoms with Crippen LogP contribution in [0.15, 0.2) is 48.5 Å². The maximum Gasteiger partial charge on any atom is 0.330 e. The van der Waals surface area contributed by atoms with Crippen molar-refractivity contribution in [1.82, 2.24) is 0 Å². The van der Waals surface area contributed by atoms with Crippen molar-refractivity contribution in [2.24, 2.45) is 0 Å². The number of rotatable bonds is 7. The van der Waals surface area contributed by atoms with E-state index in [0.717, 1.165) is 11.3 Å². The van der Waals surface area contributed by atoms with E-state index >= 15 is 0 Å². The molecule has 0 spiro atoms. The highest BCUT2D eigenvalue weighted by Crippen LogP contribution is 2.24. The molecule has 0 fully saturated rings. The third kappa shape index (κ3) is 5.86. The summed E-state index contributed by atoms with van der Waals surface area (Å²) in [7, 11) is 1.58. The molecule has 0 unspecified atom stereocenters. The smallest absolute Gasteiger partial charge is 0.330 e. The summed E-state index contributed by atoms with van der Waals surface area (Å²) >= 11 is 0. The molecule has 0 radical (unpaired) electrons. The van der Waals surface area contributed by atoms with E-state index in [4.69, 9.17) is 25.7 Å². The van der Waals surface area contributed by atoms with Crippen molar-refractivity contribution in [3.8, 4) is 11.5 Å². The molecule has 0 aliphatic carbocycles. The Labute approximate surface area is 151 Å². The van der Waals surface area contributed by atoms with Gasteiger partial charge in [-0.15, -0.1) is 0 Å². The van der Waals surface area contributed by atoms with Crippen molar-refractivity contribution in [1.29, 1.82) is 0 Å². The Morgan fingerprint density at radius 1 is 1.08 bits per heavy atom. The van der Waals surface area contributed by atoms with E-state index in [1.807, 2.05) is 0 Å². The zero-order valence-electron chi connectivity index (χ0n) is 14.3. The molecule has 7 heteroatoms. The Bertz CT molecular complexity index is 800. The van der Waals surface area contributed by atoms with Crippen LogP contribution in [0.1, 0.15) is 12.0 Å². The van der Waals surface area contributed by atoms with Gasteiger partial charge in [0, 0.05) is 17.8 Å². The molecular formula is C19H20N2O5. The largest absolute Gasteiger partial charge is 0.497 e. The molecule has 0 aliphatic rings. The van der Waals surface area contributed by atoms with Gasteiger partial charge in [0.1, 0.15) is 12.4 Å². The Morgan fingerprint density at radius 3 is 2.50 bits per heavy atom. The highest BCUT2D eigenvalue weighted by atomic mass is 16.5. The maximum absolute atomic E-state index is 11.8. The quantitative estimate of drug-likeness (QED) is 0.339. The molecule has 7 nitrogen and oxygen atoms in total. The second-order valence-electron chi connectivity index (χ2n) is 5.30. The van der Waals surface area contributed by atoms with Crippen molar-refractivity contribution in [2.75, 3.05) is 25.2 Å². The van der Waals surface area contributed by atoms with E-state index in [2.05, 4.69) is 0 Å². The molecule has 0 aromatic heterocycles. The molecule has 0 heterocycles. The van der Waals surface area contributed by atoms with Crippen LogP contribution in [0.5, 0.6) is 11.5 Å². The summed E-state index contributed by atoms with van der Waals surface area (Å²) in [6.45, 7) is -0.104. The number of carbonyl (C=O) groups excluding carboxylic acids is 2. The number of carbonyl (C=O) groups is 2. The molecule has 0 bridgehead atoms. The van der Waals surface area contributed by atoms with Gasteiger partial charge in [-0.2, -0.15) is 0 Å². The molecule has 4 N–H and O–H groups in total. The van der Waals surface area contributed by atoms with Gasteiger partial charge in [-0.25, -0.2) is 4.79 Å². The van der Waals surface area contributed by atoms with Gasteiger partial charge in [0.05, 0.1) is 19.2 Å². The van der Waals surface area contributed by atoms with Crippen molar-refractivity contribution >= 4 is 29.4 Å². The minimum Gasteiger partial charge on any atom is -0.497 e. The number of nitrogens with two attached hydrogens (primary N) is 2. The van der Waals surface area contributed by atoms with Crippen LogP contribution in [0.2, 0.25) is 0 Å². The highest BCUT2D eigenvalue weighted by molar-refractivity contribution is 5.87. The van der Waals surface area contributed by atoms with Gasteiger partial charge in [0.25, 0.3) is 0 Å². The minimum atomic E-state index is -0.575. The first-order chi connectivity index (χ1) is 12.5. The van der Waals surface area contributed by atoms with Gasteiger partial charge in [0.15, 0.2) is 5.75 Å². The molecule has 2 aromatic carbocycles. The average Bonchev–Trinajstić information content (AvgIpc) is 2.63. The first-order valence-corrected chi connectivity index (χ1v) is 7.82. The Morgan fingerprint density at radius 2 is 1.81 bits per heavy atom. The molecule has 2 rings (SSSR count). The van der Waals surface area contributed by atoms with Crippen LogP contribution in [-0.2, 0) is 14.3 Å². The minimum absolute atomic E-state index is 0.101. The summed E-state index contributed by atoms with van der Waals surface area (Å²) in [4.78, 5) is 23.4. The lowest BCUT2D eigenvalue weighted by molar-refractivity contribution is -0.141. The van der Waals surface area contributed by atoms with Gasteiger partial charge in [-0.3, -0.25) is 4.79 Å². The second-order valence-corrected chi connectivity index (χ2v) is 5.30. The normalized spacial score (nSPS) is 10.5. The van der Waals surface area contributed by atoms with E-state index in [9.17, 15) is 9.59 Å². The van der Waals surface area contributed by atoms with E-state index < -0.39 is 11.9 Å². The van der Waals surface area contributed by atoms with Gasteiger partial charge in [-0.1, -0.05) is 12.1 Å². The van der Waals surface area contributed by atoms with Crippen LogP contribution in [0, 0.1) is 0 Å². The topological polar surface area (TPSA) is 114 Å². The number of methoxy groups -OCH3 is 1. The highest BCUT2D eigenvalue weighted by Gasteiger charge is 2.09. The van der Waals surface area contributed by atoms with Crippen molar-refractivity contribution < 1.29 is 23.8 Å². The van der Waals surface area contributed by atoms with Crippen LogP contribution in [0.3, 0.4) is 0 Å². The summed E-state index contributed by atoms with van der Waals surface area (Å²) in [5.74, 6) is -0.226. The number of ether oxygens (including phenoxy) is 3. The molecule has 26 heavy (non-hydrogen) atoms. The first kappa shape index (κ1) is 18.9. The maximum atomic E-state index is 11.8. The number of benzene rings is 2. The zero-order chi connectivity index (χ0) is 18.9. The van der Waals surface area contributed by atoms with Gasteiger partial charge in [0.2, 0.25) is 0 Å². The van der Waals surface area contributed by atoms with Crippen molar-refractivity contribution in [2.45, 2.75) is 6.42 Å². The predicted molar refractivity (Wildman–Crippen MR) is 98.5 cm³/mol. The lowest BCUT2D eigenvalue weighted by Crippen LogP contribution is -2.14. The van der Waals surface area contributed by atoms with Gasteiger partial charge in [-0.05, 0) is 35.9 Å². The molecule has 0 amide bonds. The predicted octanol–water partition coefficient (Wildman–Crippen LogP) is 2.41. The first-order valence-electron chi connectivity index (χ1n) is 7.82. The fourth-order valence-corrected chi connectivity index (χ4v) is 1.98. The summed E-state index contributed by atoms with van der Waals surface area (Å²) < 4.78 is 15.1. The molecular weight excluding hydrogens is 336 g/mol. The fraction of sp³-hybridized carbons (Fsp3) is 0.158. The second kappa shape index (κ2) is 9.12. The molecule has 0 saturated carbocycles. The third-order valence-electron chi connectivity index (χ3n) is 3.34. The Balaban J connectivity index is 1.75. The summed E-state index contributed by atoms with van der Waals surface area (Å²) in [5.41, 5.74) is 12.8. The van der Waals surface area contributed by atoms with Crippen LogP contribution in [0.25, 0.3) is 6.08 Å². The number of hydrogen-bond acceptors (Lipinski definition) is 7. The fourth-order valence-electron chi connectivity index (χ4n) is 1.98. The van der Waals surface area contributed by atoms with E-state index in [-0.39, 0.29) is 18.8 Å². The lowest BCUT2D eigenvalue weighted by Gasteiger charge is -2.08. The molecule has 136 valence electrons. The van der Waals surface area contributed by atoms with E-state index in [1.54, 1.807) is 49.6 Å². The van der Waals surface area contributed by atoms with Crippen molar-refractivity contribution in [3.05, 3.63) is 54.1 Å². The Hall–Kier alpha value is -3.48. The van der Waals surface area contributed by atoms with Gasteiger partial charge >= 0.3 is 11.9 Å². The number of anilines is 2. The number of hydrogen-bond donors (Lipinski definition) is 2. The summed E-state index contributed by atoms with van der Waals surface area (Å²) in [6.07, 6.45) is 2.78. The summed E-state index contributed by atoms with van der Waals surface area (Å²) in [6, 6.07) is 11.8. The van der Waals surface area contributed by atoms with E-state index in [1.165, 1.54) is 12.1 Å². The van der Waals surface area contributed by atoms with Crippen molar-refractivity contribution in [3.63, 3.8) is 0 Å². The van der Waals surface area contributed by atoms with Gasteiger partial charge < -0.3 is 25.7 Å². The number of nitrogen functional groups attached to an aromatic ring is 2. The zero-order valence-corrected chi connectivity index (χ0v) is 14.3. The third-order valence-corrected chi connectivity index (χ3v) is 3.34. The Kier molecular flexibility index (Phi) is 6.61. The number of esters is 2.